The zero-order valence-corrected chi connectivity index (χ0v) is 23.6. The number of amides is 1. The topological polar surface area (TPSA) is 108 Å². The molecule has 0 spiro atoms. The average molecular weight is 580 g/mol. The highest BCUT2D eigenvalue weighted by molar-refractivity contribution is 6.01. The molecule has 4 aromatic rings. The lowest BCUT2D eigenvalue weighted by Crippen LogP contribution is -2.27. The lowest BCUT2D eigenvalue weighted by molar-refractivity contribution is -0.147. The molecular formula is C34H29NO8. The summed E-state index contributed by atoms with van der Waals surface area (Å²) in [6.07, 6.45) is -0.0157. The monoisotopic (exact) mass is 579 g/mol. The van der Waals surface area contributed by atoms with Crippen molar-refractivity contribution in [3.8, 4) is 23.0 Å². The van der Waals surface area contributed by atoms with Crippen molar-refractivity contribution in [1.29, 1.82) is 0 Å². The van der Waals surface area contributed by atoms with Crippen molar-refractivity contribution in [2.45, 2.75) is 13.3 Å². The number of carbonyl (C=O) groups excluding carboxylic acids is 4. The van der Waals surface area contributed by atoms with Gasteiger partial charge in [-0.05, 0) is 91.9 Å². The van der Waals surface area contributed by atoms with Gasteiger partial charge in [0.15, 0.2) is 12.4 Å². The molecule has 218 valence electrons. The smallest absolute Gasteiger partial charge is 0.343 e. The predicted octanol–water partition coefficient (Wildman–Crippen LogP) is 5.79. The Morgan fingerprint density at radius 2 is 1.30 bits per heavy atom. The Morgan fingerprint density at radius 1 is 0.744 bits per heavy atom. The summed E-state index contributed by atoms with van der Waals surface area (Å²) in [4.78, 5) is 51.8. The summed E-state index contributed by atoms with van der Waals surface area (Å²) >= 11 is 0. The molecule has 0 unspecified atom stereocenters. The fourth-order valence-electron chi connectivity index (χ4n) is 4.49. The highest BCUT2D eigenvalue weighted by Crippen LogP contribution is 2.30. The van der Waals surface area contributed by atoms with Gasteiger partial charge in [-0.1, -0.05) is 17.7 Å². The van der Waals surface area contributed by atoms with E-state index in [9.17, 15) is 19.2 Å². The van der Waals surface area contributed by atoms with Crippen LogP contribution in [-0.4, -0.2) is 43.9 Å². The standard InChI is InChI=1S/C34H29NO8/c1-22-3-5-24(6-4-22)34(39)43-30-11-7-23(8-12-30)31(36)21-41-33(38)25-19-32(37)35(20-25)26-9-13-28(14-10-26)42-29-17-15-27(40-2)16-18-29/h3-18,25H,19-21H2,1-2H3/t25-/m0/s1. The third-order valence-corrected chi connectivity index (χ3v) is 6.92. The van der Waals surface area contributed by atoms with Crippen LogP contribution in [-0.2, 0) is 14.3 Å². The van der Waals surface area contributed by atoms with Crippen molar-refractivity contribution < 1.29 is 38.1 Å². The van der Waals surface area contributed by atoms with E-state index in [-0.39, 0.29) is 24.6 Å². The first-order chi connectivity index (χ1) is 20.8. The Bertz CT molecular complexity index is 1610. The minimum Gasteiger partial charge on any atom is -0.497 e. The molecule has 1 atom stereocenters. The van der Waals surface area contributed by atoms with Crippen molar-refractivity contribution in [3.63, 3.8) is 0 Å². The Hall–Kier alpha value is -5.44. The average Bonchev–Trinajstić information content (AvgIpc) is 3.42. The van der Waals surface area contributed by atoms with Crippen LogP contribution in [0.15, 0.2) is 97.1 Å². The number of nitrogens with zero attached hydrogens (tertiary/aromatic N) is 1. The van der Waals surface area contributed by atoms with Crippen LogP contribution in [0.5, 0.6) is 23.0 Å². The fraction of sp³-hybridized carbons (Fsp3) is 0.176. The summed E-state index contributed by atoms with van der Waals surface area (Å²) in [5.74, 6) is -0.221. The maximum atomic E-state index is 12.7. The number of anilines is 1. The third kappa shape index (κ3) is 7.26. The number of hydrogen-bond donors (Lipinski definition) is 0. The maximum absolute atomic E-state index is 12.7. The van der Waals surface area contributed by atoms with Crippen molar-refractivity contribution >= 4 is 29.3 Å². The molecule has 1 saturated heterocycles. The first-order valence-corrected chi connectivity index (χ1v) is 13.6. The minimum atomic E-state index is -0.695. The lowest BCUT2D eigenvalue weighted by atomic mass is 10.1. The van der Waals surface area contributed by atoms with Gasteiger partial charge in [0.05, 0.1) is 18.6 Å². The summed E-state index contributed by atoms with van der Waals surface area (Å²) in [6, 6.07) is 27.1. The van der Waals surface area contributed by atoms with Gasteiger partial charge in [0.2, 0.25) is 5.91 Å². The van der Waals surface area contributed by atoms with E-state index in [1.165, 1.54) is 29.2 Å². The van der Waals surface area contributed by atoms with Gasteiger partial charge in [-0.2, -0.15) is 0 Å². The minimum absolute atomic E-state index is 0.0157. The molecule has 0 aromatic heterocycles. The molecule has 43 heavy (non-hydrogen) atoms. The molecule has 0 radical (unpaired) electrons. The van der Waals surface area contributed by atoms with Crippen LogP contribution in [0.2, 0.25) is 0 Å². The first kappa shape index (κ1) is 29.1. The van der Waals surface area contributed by atoms with Crippen LogP contribution < -0.4 is 19.1 Å². The molecule has 9 heteroatoms. The first-order valence-electron chi connectivity index (χ1n) is 13.6. The molecule has 1 heterocycles. The van der Waals surface area contributed by atoms with Crippen molar-refractivity contribution in [3.05, 3.63) is 114 Å². The molecule has 0 saturated carbocycles. The predicted molar refractivity (Wildman–Crippen MR) is 158 cm³/mol. The Morgan fingerprint density at radius 3 is 1.93 bits per heavy atom. The van der Waals surface area contributed by atoms with Crippen molar-refractivity contribution in [2.24, 2.45) is 5.92 Å². The van der Waals surface area contributed by atoms with Gasteiger partial charge in [0.25, 0.3) is 0 Å². The van der Waals surface area contributed by atoms with Crippen LogP contribution in [0.1, 0.15) is 32.7 Å². The number of hydrogen-bond acceptors (Lipinski definition) is 8. The van der Waals surface area contributed by atoms with E-state index >= 15 is 0 Å². The summed E-state index contributed by atoms with van der Waals surface area (Å²) in [5, 5.41) is 0. The second-order valence-electron chi connectivity index (χ2n) is 9.99. The zero-order valence-electron chi connectivity index (χ0n) is 23.6. The normalized spacial score (nSPS) is 14.2. The van der Waals surface area contributed by atoms with E-state index in [2.05, 4.69) is 0 Å². The van der Waals surface area contributed by atoms with Crippen LogP contribution in [0, 0.1) is 12.8 Å². The second-order valence-corrected chi connectivity index (χ2v) is 9.99. The van der Waals surface area contributed by atoms with E-state index in [0.29, 0.717) is 28.3 Å². The van der Waals surface area contributed by atoms with E-state index in [0.717, 1.165) is 11.3 Å². The molecule has 1 aliphatic rings. The largest absolute Gasteiger partial charge is 0.497 e. The molecule has 0 aliphatic carbocycles. The van der Waals surface area contributed by atoms with Gasteiger partial charge in [-0.15, -0.1) is 0 Å². The third-order valence-electron chi connectivity index (χ3n) is 6.92. The summed E-state index contributed by atoms with van der Waals surface area (Å²) in [5.41, 5.74) is 2.36. The number of methoxy groups -OCH3 is 1. The molecule has 4 aromatic carbocycles. The van der Waals surface area contributed by atoms with Gasteiger partial charge < -0.3 is 23.8 Å². The Labute approximate surface area is 248 Å². The van der Waals surface area contributed by atoms with E-state index < -0.39 is 30.2 Å². The van der Waals surface area contributed by atoms with Gasteiger partial charge in [0, 0.05) is 24.2 Å². The molecule has 1 aliphatic heterocycles. The highest BCUT2D eigenvalue weighted by Gasteiger charge is 2.36. The summed E-state index contributed by atoms with van der Waals surface area (Å²) in [7, 11) is 1.59. The number of carbonyl (C=O) groups is 4. The molecule has 0 bridgehead atoms. The molecule has 9 nitrogen and oxygen atoms in total. The summed E-state index contributed by atoms with van der Waals surface area (Å²) < 4.78 is 21.6. The zero-order chi connectivity index (χ0) is 30.3. The fourth-order valence-corrected chi connectivity index (χ4v) is 4.49. The van der Waals surface area contributed by atoms with Crippen LogP contribution in [0.4, 0.5) is 5.69 Å². The Kier molecular flexibility index (Phi) is 8.81. The number of ether oxygens (including phenoxy) is 4. The maximum Gasteiger partial charge on any atom is 0.343 e. The van der Waals surface area contributed by atoms with Gasteiger partial charge in [-0.3, -0.25) is 14.4 Å². The Balaban J connectivity index is 1.10. The van der Waals surface area contributed by atoms with E-state index in [4.69, 9.17) is 18.9 Å². The van der Waals surface area contributed by atoms with Crippen LogP contribution >= 0.6 is 0 Å². The number of esters is 2. The number of rotatable bonds is 10. The van der Waals surface area contributed by atoms with Crippen LogP contribution in [0.3, 0.4) is 0 Å². The van der Waals surface area contributed by atoms with E-state index in [1.807, 2.05) is 19.1 Å². The highest BCUT2D eigenvalue weighted by atomic mass is 16.5. The number of benzene rings is 4. The van der Waals surface area contributed by atoms with Crippen molar-refractivity contribution in [2.75, 3.05) is 25.2 Å². The molecular weight excluding hydrogens is 550 g/mol. The lowest BCUT2D eigenvalue weighted by Gasteiger charge is -2.17. The summed E-state index contributed by atoms with van der Waals surface area (Å²) in [6.45, 7) is 1.60. The van der Waals surface area contributed by atoms with Gasteiger partial charge in [-0.25, -0.2) is 4.79 Å². The van der Waals surface area contributed by atoms with Gasteiger partial charge >= 0.3 is 11.9 Å². The SMILES string of the molecule is COc1ccc(Oc2ccc(N3C[C@@H](C(=O)OCC(=O)c4ccc(OC(=O)c5ccc(C)cc5)cc4)CC3=O)cc2)cc1. The number of Topliss-reactive ketones (excluding diaryl/α,β-unsaturated/α-hetero) is 1. The van der Waals surface area contributed by atoms with Crippen LogP contribution in [0.25, 0.3) is 0 Å². The second kappa shape index (κ2) is 13.0. The van der Waals surface area contributed by atoms with E-state index in [1.54, 1.807) is 67.8 Å². The number of ketones is 1. The van der Waals surface area contributed by atoms with Crippen molar-refractivity contribution in [1.82, 2.24) is 0 Å². The molecule has 0 N–H and O–H groups in total. The number of aryl methyl sites for hydroxylation is 1. The molecule has 1 amide bonds. The molecule has 1 fully saturated rings. The van der Waals surface area contributed by atoms with Gasteiger partial charge in [0.1, 0.15) is 23.0 Å². The molecule has 5 rings (SSSR count). The quantitative estimate of drug-likeness (QED) is 0.132.